The molecule has 2 rings (SSSR count). The quantitative estimate of drug-likeness (QED) is 0.801. The van der Waals surface area contributed by atoms with Crippen LogP contribution in [-0.4, -0.2) is 37.4 Å². The average molecular weight is 247 g/mol. The van der Waals surface area contributed by atoms with Gasteiger partial charge in [-0.2, -0.15) is 0 Å². The largest absolute Gasteiger partial charge is 0.492 e. The lowest BCUT2D eigenvalue weighted by atomic mass is 9.94. The minimum absolute atomic E-state index is 0.0262. The van der Waals surface area contributed by atoms with Crippen molar-refractivity contribution in [1.29, 1.82) is 0 Å². The molecule has 1 aliphatic heterocycles. The van der Waals surface area contributed by atoms with Crippen molar-refractivity contribution in [3.05, 3.63) is 29.8 Å². The second-order valence-electron chi connectivity index (χ2n) is 4.98. The number of unbranched alkanes of at least 4 members (excludes halogenated alkanes) is 1. The van der Waals surface area contributed by atoms with Crippen molar-refractivity contribution >= 4 is 5.78 Å². The van der Waals surface area contributed by atoms with Gasteiger partial charge in [0.15, 0.2) is 5.78 Å². The Bertz CT molecular complexity index is 417. The minimum atomic E-state index is -0.0262. The van der Waals surface area contributed by atoms with Gasteiger partial charge in [0.05, 0.1) is 18.1 Å². The Morgan fingerprint density at radius 1 is 1.39 bits per heavy atom. The smallest absolute Gasteiger partial charge is 0.174 e. The lowest BCUT2D eigenvalue weighted by molar-refractivity contribution is 0.0784. The first kappa shape index (κ1) is 13.1. The lowest BCUT2D eigenvalue weighted by Gasteiger charge is -2.27. The summed E-state index contributed by atoms with van der Waals surface area (Å²) >= 11 is 0. The molecule has 1 unspecified atom stereocenters. The molecule has 18 heavy (non-hydrogen) atoms. The number of carbonyl (C=O) groups excluding carboxylic acids is 1. The first-order chi connectivity index (χ1) is 8.72. The van der Waals surface area contributed by atoms with Gasteiger partial charge in [-0.25, -0.2) is 0 Å². The van der Waals surface area contributed by atoms with Crippen LogP contribution in [0.5, 0.6) is 5.75 Å². The van der Waals surface area contributed by atoms with Crippen LogP contribution in [0.2, 0.25) is 0 Å². The van der Waals surface area contributed by atoms with Gasteiger partial charge in [-0.3, -0.25) is 4.79 Å². The first-order valence-corrected chi connectivity index (χ1v) is 6.67. The number of benzene rings is 1. The van der Waals surface area contributed by atoms with Crippen molar-refractivity contribution in [3.8, 4) is 5.75 Å². The zero-order valence-electron chi connectivity index (χ0n) is 11.2. The third kappa shape index (κ3) is 2.91. The van der Waals surface area contributed by atoms with Crippen molar-refractivity contribution in [2.75, 3.05) is 26.7 Å². The monoisotopic (exact) mass is 247 g/mol. The minimum Gasteiger partial charge on any atom is -0.492 e. The van der Waals surface area contributed by atoms with Crippen LogP contribution in [0.1, 0.15) is 30.1 Å². The lowest BCUT2D eigenvalue weighted by Crippen LogP contribution is -2.37. The highest BCUT2D eigenvalue weighted by Gasteiger charge is 2.29. The summed E-state index contributed by atoms with van der Waals surface area (Å²) in [4.78, 5) is 14.5. The highest BCUT2D eigenvalue weighted by Crippen LogP contribution is 2.27. The second-order valence-corrected chi connectivity index (χ2v) is 4.98. The van der Waals surface area contributed by atoms with E-state index in [1.54, 1.807) is 0 Å². The van der Waals surface area contributed by atoms with Gasteiger partial charge < -0.3 is 9.64 Å². The van der Waals surface area contributed by atoms with E-state index >= 15 is 0 Å². The number of Topliss-reactive ketones (excluding diaryl/α,β-unsaturated/α-hetero) is 1. The fourth-order valence-corrected chi connectivity index (χ4v) is 2.31. The average Bonchev–Trinajstić information content (AvgIpc) is 2.40. The number of hydrogen-bond acceptors (Lipinski definition) is 3. The fourth-order valence-electron chi connectivity index (χ4n) is 2.31. The van der Waals surface area contributed by atoms with Gasteiger partial charge in [-0.15, -0.1) is 0 Å². The van der Waals surface area contributed by atoms with Crippen LogP contribution in [0.4, 0.5) is 0 Å². The van der Waals surface area contributed by atoms with E-state index in [0.717, 1.165) is 24.4 Å². The maximum absolute atomic E-state index is 12.3. The summed E-state index contributed by atoms with van der Waals surface area (Å²) in [6.07, 6.45) is 2.36. The Balaban J connectivity index is 1.99. The molecule has 0 aliphatic carbocycles. The number of fused-ring (bicyclic) bond motifs is 1. The molecule has 0 fully saturated rings. The zero-order chi connectivity index (χ0) is 13.0. The van der Waals surface area contributed by atoms with E-state index in [1.165, 1.54) is 12.8 Å². The molecule has 0 saturated carbocycles. The van der Waals surface area contributed by atoms with Crippen LogP contribution in [0.25, 0.3) is 0 Å². The van der Waals surface area contributed by atoms with Crippen LogP contribution < -0.4 is 4.74 Å². The number of para-hydroxylation sites is 1. The summed E-state index contributed by atoms with van der Waals surface area (Å²) in [5.74, 6) is 0.928. The highest BCUT2D eigenvalue weighted by atomic mass is 16.5. The van der Waals surface area contributed by atoms with Gasteiger partial charge in [0.2, 0.25) is 0 Å². The number of nitrogens with zero attached hydrogens (tertiary/aromatic N) is 1. The molecule has 1 heterocycles. The molecule has 0 spiro atoms. The summed E-state index contributed by atoms with van der Waals surface area (Å²) in [6, 6.07) is 7.52. The Morgan fingerprint density at radius 2 is 2.17 bits per heavy atom. The maximum atomic E-state index is 12.3. The highest BCUT2D eigenvalue weighted by molar-refractivity contribution is 6.01. The van der Waals surface area contributed by atoms with E-state index < -0.39 is 0 Å². The Hall–Kier alpha value is -1.35. The van der Waals surface area contributed by atoms with Crippen LogP contribution >= 0.6 is 0 Å². The Kier molecular flexibility index (Phi) is 4.37. The summed E-state index contributed by atoms with van der Waals surface area (Å²) in [5, 5.41) is 0. The third-order valence-electron chi connectivity index (χ3n) is 3.39. The van der Waals surface area contributed by atoms with Crippen LogP contribution in [0.15, 0.2) is 24.3 Å². The van der Waals surface area contributed by atoms with Gasteiger partial charge in [-0.1, -0.05) is 25.5 Å². The summed E-state index contributed by atoms with van der Waals surface area (Å²) in [7, 11) is 2.07. The van der Waals surface area contributed by atoms with Gasteiger partial charge >= 0.3 is 0 Å². The maximum Gasteiger partial charge on any atom is 0.174 e. The van der Waals surface area contributed by atoms with Crippen LogP contribution in [-0.2, 0) is 0 Å². The third-order valence-corrected chi connectivity index (χ3v) is 3.39. The van der Waals surface area contributed by atoms with Crippen LogP contribution in [0.3, 0.4) is 0 Å². The standard InChI is InChI=1S/C15H21NO2/c1-3-4-9-16(2)10-12-11-18-14-8-6-5-7-13(14)15(12)17/h5-8,12H,3-4,9-11H2,1-2H3. The zero-order valence-corrected chi connectivity index (χ0v) is 11.2. The topological polar surface area (TPSA) is 29.5 Å². The molecule has 1 aromatic rings. The Labute approximate surface area is 109 Å². The molecule has 0 saturated heterocycles. The molecule has 98 valence electrons. The molecular formula is C15H21NO2. The van der Waals surface area contributed by atoms with Gasteiger partial charge in [0, 0.05) is 6.54 Å². The molecule has 1 aromatic carbocycles. The van der Waals surface area contributed by atoms with Crippen molar-refractivity contribution in [3.63, 3.8) is 0 Å². The molecule has 3 nitrogen and oxygen atoms in total. The van der Waals surface area contributed by atoms with Gasteiger partial charge in [0.25, 0.3) is 0 Å². The molecule has 0 amide bonds. The van der Waals surface area contributed by atoms with Crippen molar-refractivity contribution in [2.24, 2.45) is 5.92 Å². The molecule has 0 N–H and O–H groups in total. The number of ketones is 1. The van der Waals surface area contributed by atoms with Crippen molar-refractivity contribution < 1.29 is 9.53 Å². The molecular weight excluding hydrogens is 226 g/mol. The number of ether oxygens (including phenoxy) is 1. The molecule has 1 atom stereocenters. The molecule has 0 aromatic heterocycles. The van der Waals surface area contributed by atoms with Crippen LogP contribution in [0, 0.1) is 5.92 Å². The number of hydrogen-bond donors (Lipinski definition) is 0. The van der Waals surface area contributed by atoms with E-state index in [2.05, 4.69) is 18.9 Å². The van der Waals surface area contributed by atoms with E-state index in [0.29, 0.717) is 6.61 Å². The normalized spacial score (nSPS) is 18.6. The molecule has 1 aliphatic rings. The van der Waals surface area contributed by atoms with E-state index in [-0.39, 0.29) is 11.7 Å². The van der Waals surface area contributed by atoms with Gasteiger partial charge in [-0.05, 0) is 32.1 Å². The SMILES string of the molecule is CCCCN(C)CC1COc2ccccc2C1=O. The van der Waals surface area contributed by atoms with Crippen molar-refractivity contribution in [2.45, 2.75) is 19.8 Å². The summed E-state index contributed by atoms with van der Waals surface area (Å²) < 4.78 is 5.66. The summed E-state index contributed by atoms with van der Waals surface area (Å²) in [6.45, 7) is 4.51. The predicted molar refractivity (Wildman–Crippen MR) is 72.2 cm³/mol. The van der Waals surface area contributed by atoms with Crippen molar-refractivity contribution in [1.82, 2.24) is 4.90 Å². The molecule has 0 bridgehead atoms. The van der Waals surface area contributed by atoms with E-state index in [9.17, 15) is 4.79 Å². The second kappa shape index (κ2) is 6.01. The predicted octanol–water partition coefficient (Wildman–Crippen LogP) is 2.61. The van der Waals surface area contributed by atoms with E-state index in [1.807, 2.05) is 24.3 Å². The number of rotatable bonds is 5. The summed E-state index contributed by atoms with van der Waals surface area (Å²) in [5.41, 5.74) is 0.734. The molecule has 3 heteroatoms. The van der Waals surface area contributed by atoms with Gasteiger partial charge in [0.1, 0.15) is 5.75 Å². The van der Waals surface area contributed by atoms with E-state index in [4.69, 9.17) is 4.74 Å². The number of carbonyl (C=O) groups is 1. The fraction of sp³-hybridized carbons (Fsp3) is 0.533. The Morgan fingerprint density at radius 3 is 2.94 bits per heavy atom. The molecule has 0 radical (unpaired) electrons. The first-order valence-electron chi connectivity index (χ1n) is 6.67.